The summed E-state index contributed by atoms with van der Waals surface area (Å²) in [6.45, 7) is 16.3. The Bertz CT molecular complexity index is 2890. The Hall–Kier alpha value is -5.07. The molecule has 2 saturated carbocycles. The Labute approximate surface area is 399 Å². The third-order valence-corrected chi connectivity index (χ3v) is 16.2. The molecular weight excluding hydrogens is 916 g/mol. The average molecular weight is 974 g/mol. The van der Waals surface area contributed by atoms with Gasteiger partial charge in [0, 0.05) is 72.0 Å². The molecule has 10 rings (SSSR count). The standard InChI is InChI=1S/C51H58BrClN10O3/c1-50(2)46(51(3,4)47(50)66-37-15-13-34(29-54)39(53)28-37)57-44(64)35-30-55-48(56-31-35)61-25-23-60(24-26-61)20-8-19-59-21-17-32(18-22-59)33-14-16-40-42(27-33)62(36-9-5-6-10-36)49-58-45(65)43-38(52)11-7-12-41(43)63(40)49/h7,11-16,27-28,30-32,36,46-47H,5-6,8-10,17-26H2,1-4H3,(H,57,64). The second-order valence-corrected chi connectivity index (χ2v) is 21.4. The number of fused-ring (bicyclic) bond motifs is 5. The minimum absolute atomic E-state index is 0.155. The number of halogens is 2. The highest BCUT2D eigenvalue weighted by atomic mass is 79.9. The first-order valence-corrected chi connectivity index (χ1v) is 24.8. The molecule has 3 aromatic heterocycles. The Morgan fingerprint density at radius 1 is 0.879 bits per heavy atom. The molecule has 344 valence electrons. The van der Waals surface area contributed by atoms with E-state index in [1.165, 1.54) is 23.9 Å². The van der Waals surface area contributed by atoms with Crippen LogP contribution < -0.4 is 20.5 Å². The number of carbonyl (C=O) groups excluding carboxylic acids is 1. The molecule has 6 aromatic rings. The van der Waals surface area contributed by atoms with Crippen molar-refractivity contribution in [3.63, 3.8) is 0 Å². The molecule has 2 aliphatic heterocycles. The lowest BCUT2D eigenvalue weighted by Gasteiger charge is -2.63. The van der Waals surface area contributed by atoms with Gasteiger partial charge in [-0.15, -0.1) is 0 Å². The van der Waals surface area contributed by atoms with Gasteiger partial charge in [0.25, 0.3) is 11.5 Å². The molecule has 66 heavy (non-hydrogen) atoms. The van der Waals surface area contributed by atoms with Gasteiger partial charge >= 0.3 is 0 Å². The predicted octanol–water partition coefficient (Wildman–Crippen LogP) is 9.00. The number of carbonyl (C=O) groups is 1. The number of piperidine rings is 1. The van der Waals surface area contributed by atoms with Gasteiger partial charge in [0.15, 0.2) is 0 Å². The number of aromatic nitrogens is 5. The van der Waals surface area contributed by atoms with E-state index in [2.05, 4.69) is 107 Å². The van der Waals surface area contributed by atoms with Crippen LogP contribution >= 0.6 is 27.5 Å². The fourth-order valence-corrected chi connectivity index (χ4v) is 12.8. The van der Waals surface area contributed by atoms with Crippen LogP contribution in [0.3, 0.4) is 0 Å². The first kappa shape index (κ1) is 44.7. The molecule has 0 unspecified atom stereocenters. The summed E-state index contributed by atoms with van der Waals surface area (Å²) in [5.74, 6) is 2.32. The highest BCUT2D eigenvalue weighted by Crippen LogP contribution is 2.55. The number of rotatable bonds is 11. The van der Waals surface area contributed by atoms with E-state index >= 15 is 0 Å². The number of ether oxygens (including phenoxy) is 1. The number of piperazine rings is 1. The van der Waals surface area contributed by atoms with Crippen LogP contribution in [0.25, 0.3) is 27.7 Å². The van der Waals surface area contributed by atoms with Crippen molar-refractivity contribution in [3.8, 4) is 11.8 Å². The largest absolute Gasteiger partial charge is 0.489 e. The molecule has 1 N–H and O–H groups in total. The predicted molar refractivity (Wildman–Crippen MR) is 263 cm³/mol. The maximum atomic E-state index is 13.5. The van der Waals surface area contributed by atoms with Crippen LogP contribution in [0.15, 0.2) is 76.3 Å². The van der Waals surface area contributed by atoms with Crippen molar-refractivity contribution < 1.29 is 9.53 Å². The van der Waals surface area contributed by atoms with Gasteiger partial charge in [0.05, 0.1) is 38.1 Å². The molecule has 5 heterocycles. The second kappa shape index (κ2) is 17.9. The molecule has 1 amide bonds. The summed E-state index contributed by atoms with van der Waals surface area (Å²) in [6, 6.07) is 20.3. The van der Waals surface area contributed by atoms with Crippen LogP contribution in [-0.2, 0) is 0 Å². The summed E-state index contributed by atoms with van der Waals surface area (Å²) in [4.78, 5) is 48.2. The molecule has 0 bridgehead atoms. The summed E-state index contributed by atoms with van der Waals surface area (Å²) in [5, 5.41) is 13.5. The van der Waals surface area contributed by atoms with E-state index in [1.54, 1.807) is 30.6 Å². The zero-order chi connectivity index (χ0) is 45.9. The Balaban J connectivity index is 0.692. The molecule has 3 aromatic carbocycles. The highest BCUT2D eigenvalue weighted by Gasteiger charge is 2.64. The lowest BCUT2D eigenvalue weighted by molar-refractivity contribution is -0.164. The third-order valence-electron chi connectivity index (χ3n) is 15.2. The van der Waals surface area contributed by atoms with Crippen LogP contribution in [0.2, 0.25) is 5.02 Å². The van der Waals surface area contributed by atoms with Gasteiger partial charge in [-0.05, 0) is 122 Å². The van der Waals surface area contributed by atoms with E-state index in [4.69, 9.17) is 21.3 Å². The zero-order valence-corrected chi connectivity index (χ0v) is 40.6. The average Bonchev–Trinajstić information content (AvgIpc) is 3.96. The Kier molecular flexibility index (Phi) is 12.1. The number of nitriles is 1. The molecule has 2 aliphatic carbocycles. The van der Waals surface area contributed by atoms with Crippen molar-refractivity contribution >= 4 is 67.1 Å². The van der Waals surface area contributed by atoms with Gasteiger partial charge in [0.1, 0.15) is 17.9 Å². The third kappa shape index (κ3) is 8.13. The lowest BCUT2D eigenvalue weighted by atomic mass is 9.49. The number of nitrogens with zero attached hydrogens (tertiary/aromatic N) is 9. The number of anilines is 1. The van der Waals surface area contributed by atoms with E-state index in [0.717, 1.165) is 106 Å². The molecule has 0 spiro atoms. The molecule has 15 heteroatoms. The highest BCUT2D eigenvalue weighted by molar-refractivity contribution is 9.10. The number of hydrogen-bond acceptors (Lipinski definition) is 10. The van der Waals surface area contributed by atoms with E-state index in [9.17, 15) is 14.9 Å². The summed E-state index contributed by atoms with van der Waals surface area (Å²) in [7, 11) is 0. The zero-order valence-electron chi connectivity index (χ0n) is 38.3. The van der Waals surface area contributed by atoms with Crippen molar-refractivity contribution in [3.05, 3.63) is 104 Å². The van der Waals surface area contributed by atoms with Crippen molar-refractivity contribution in [2.75, 3.05) is 57.3 Å². The molecule has 4 fully saturated rings. The van der Waals surface area contributed by atoms with Gasteiger partial charge in [-0.2, -0.15) is 10.2 Å². The summed E-state index contributed by atoms with van der Waals surface area (Å²) >= 11 is 9.89. The Morgan fingerprint density at radius 3 is 2.26 bits per heavy atom. The fraction of sp³-hybridized carbons (Fsp3) is 0.490. The van der Waals surface area contributed by atoms with Crippen LogP contribution in [0.4, 0.5) is 5.95 Å². The minimum Gasteiger partial charge on any atom is -0.489 e. The molecule has 0 radical (unpaired) electrons. The first-order chi connectivity index (χ1) is 31.8. The monoisotopic (exact) mass is 972 g/mol. The SMILES string of the molecule is CC1(C)C(NC(=O)c2cnc(N3CCN(CCCN4CCC(c5ccc6c(c5)n(C5CCCC5)c5nc(=O)c7c(Br)cccc7n65)CC4)CC3)nc2)C(C)(C)C1Oc1ccc(C#N)c(Cl)c1. The van der Waals surface area contributed by atoms with Crippen LogP contribution in [-0.4, -0.2) is 104 Å². The van der Waals surface area contributed by atoms with E-state index in [-0.39, 0.29) is 34.4 Å². The van der Waals surface area contributed by atoms with E-state index in [1.807, 2.05) is 18.2 Å². The van der Waals surface area contributed by atoms with Gasteiger partial charge < -0.3 is 24.4 Å². The quantitative estimate of drug-likeness (QED) is 0.134. The first-order valence-electron chi connectivity index (χ1n) is 23.7. The number of likely N-dealkylation sites (tertiary alicyclic amines) is 1. The number of hydrogen-bond donors (Lipinski definition) is 1. The molecule has 0 atom stereocenters. The van der Waals surface area contributed by atoms with Crippen LogP contribution in [0.5, 0.6) is 5.75 Å². The number of nitrogens with one attached hydrogen (secondary N) is 1. The number of imidazole rings is 1. The minimum atomic E-state index is -0.370. The normalized spacial score (nSPS) is 21.6. The van der Waals surface area contributed by atoms with Crippen molar-refractivity contribution in [1.29, 1.82) is 5.26 Å². The molecule has 4 aliphatic rings. The van der Waals surface area contributed by atoms with Gasteiger partial charge in [0.2, 0.25) is 11.7 Å². The smallest absolute Gasteiger partial charge is 0.283 e. The second-order valence-electron chi connectivity index (χ2n) is 20.1. The van der Waals surface area contributed by atoms with Crippen LogP contribution in [0, 0.1) is 22.2 Å². The summed E-state index contributed by atoms with van der Waals surface area (Å²) in [6.07, 6.45) is 11.2. The van der Waals surface area contributed by atoms with Crippen molar-refractivity contribution in [1.82, 2.24) is 39.0 Å². The van der Waals surface area contributed by atoms with Crippen molar-refractivity contribution in [2.45, 2.75) is 96.7 Å². The molecular formula is C51H58BrClN10O3. The summed E-state index contributed by atoms with van der Waals surface area (Å²) in [5.41, 5.74) is 4.53. The Morgan fingerprint density at radius 2 is 1.58 bits per heavy atom. The maximum Gasteiger partial charge on any atom is 0.283 e. The van der Waals surface area contributed by atoms with Crippen LogP contribution in [0.1, 0.15) is 106 Å². The summed E-state index contributed by atoms with van der Waals surface area (Å²) < 4.78 is 11.8. The van der Waals surface area contributed by atoms with E-state index < -0.39 is 0 Å². The van der Waals surface area contributed by atoms with Gasteiger partial charge in [-0.25, -0.2) is 9.97 Å². The molecule has 13 nitrogen and oxygen atoms in total. The lowest BCUT2D eigenvalue weighted by Crippen LogP contribution is -2.74. The molecule has 2 saturated heterocycles. The fourth-order valence-electron chi connectivity index (χ4n) is 12.0. The topological polar surface area (TPSA) is 137 Å². The number of benzene rings is 3. The van der Waals surface area contributed by atoms with Gasteiger partial charge in [-0.3, -0.25) is 18.9 Å². The van der Waals surface area contributed by atoms with Crippen molar-refractivity contribution in [2.24, 2.45) is 10.8 Å². The maximum absolute atomic E-state index is 13.5. The van der Waals surface area contributed by atoms with Gasteiger partial charge in [-0.1, -0.05) is 64.3 Å². The number of amides is 1. The van der Waals surface area contributed by atoms with E-state index in [0.29, 0.717) is 45.2 Å².